The van der Waals surface area contributed by atoms with Crippen molar-refractivity contribution < 1.29 is 4.79 Å². The van der Waals surface area contributed by atoms with Gasteiger partial charge in [0.25, 0.3) is 0 Å². The average molecular weight is 368 g/mol. The normalized spacial score (nSPS) is 14.0. The van der Waals surface area contributed by atoms with Gasteiger partial charge in [0.2, 0.25) is 5.91 Å². The van der Waals surface area contributed by atoms with Crippen LogP contribution in [-0.4, -0.2) is 24.0 Å². The number of aromatic nitrogens is 1. The molecule has 0 radical (unpaired) electrons. The maximum Gasteiger partial charge on any atom is 0.234 e. The minimum Gasteiger partial charge on any atom is -0.344 e. The van der Waals surface area contributed by atoms with Crippen molar-refractivity contribution in [1.29, 1.82) is 0 Å². The lowest BCUT2D eigenvalue weighted by molar-refractivity contribution is -0.120. The zero-order valence-electron chi connectivity index (χ0n) is 13.4. The van der Waals surface area contributed by atoms with Gasteiger partial charge in [0.05, 0.1) is 12.6 Å². The molecular formula is C18H23Cl2N3O. The third kappa shape index (κ3) is 6.11. The van der Waals surface area contributed by atoms with Crippen LogP contribution in [0.1, 0.15) is 30.0 Å². The lowest BCUT2D eigenvalue weighted by atomic mass is 10.00. The Morgan fingerprint density at radius 2 is 1.67 bits per heavy atom. The first kappa shape index (κ1) is 20.4. The monoisotopic (exact) mass is 367 g/mol. The summed E-state index contributed by atoms with van der Waals surface area (Å²) in [5.41, 5.74) is 2.11. The van der Waals surface area contributed by atoms with Crippen LogP contribution in [0.5, 0.6) is 0 Å². The molecule has 6 heteroatoms. The molecule has 24 heavy (non-hydrogen) atoms. The summed E-state index contributed by atoms with van der Waals surface area (Å²) in [5, 5.41) is 6.35. The molecule has 1 amide bonds. The lowest BCUT2D eigenvalue weighted by Crippen LogP contribution is -2.37. The van der Waals surface area contributed by atoms with Gasteiger partial charge in [-0.1, -0.05) is 30.3 Å². The van der Waals surface area contributed by atoms with E-state index in [0.29, 0.717) is 6.54 Å². The van der Waals surface area contributed by atoms with Gasteiger partial charge in [-0.15, -0.1) is 24.8 Å². The number of halogens is 2. The summed E-state index contributed by atoms with van der Waals surface area (Å²) >= 11 is 0. The molecule has 1 saturated carbocycles. The summed E-state index contributed by atoms with van der Waals surface area (Å²) in [6.45, 7) is 1.31. The highest BCUT2D eigenvalue weighted by molar-refractivity contribution is 5.85. The Kier molecular flexibility index (Phi) is 8.76. The summed E-state index contributed by atoms with van der Waals surface area (Å²) < 4.78 is 0. The number of carbonyl (C=O) groups excluding carboxylic acids is 1. The van der Waals surface area contributed by atoms with E-state index in [9.17, 15) is 4.79 Å². The number of amides is 1. The number of carbonyl (C=O) groups is 1. The van der Waals surface area contributed by atoms with Gasteiger partial charge in [0.1, 0.15) is 0 Å². The van der Waals surface area contributed by atoms with E-state index in [1.807, 2.05) is 42.5 Å². The highest BCUT2D eigenvalue weighted by atomic mass is 35.5. The van der Waals surface area contributed by atoms with Crippen LogP contribution >= 0.6 is 24.8 Å². The molecule has 3 rings (SSSR count). The number of rotatable bonds is 7. The molecule has 1 aromatic carbocycles. The lowest BCUT2D eigenvalue weighted by Gasteiger charge is -2.20. The van der Waals surface area contributed by atoms with E-state index in [2.05, 4.69) is 15.6 Å². The zero-order chi connectivity index (χ0) is 15.2. The molecule has 1 fully saturated rings. The molecular weight excluding hydrogens is 345 g/mol. The van der Waals surface area contributed by atoms with Gasteiger partial charge in [-0.25, -0.2) is 0 Å². The van der Waals surface area contributed by atoms with Crippen LogP contribution in [0.15, 0.2) is 54.9 Å². The quantitative estimate of drug-likeness (QED) is 0.790. The van der Waals surface area contributed by atoms with Crippen molar-refractivity contribution in [2.24, 2.45) is 5.92 Å². The molecule has 1 aliphatic rings. The molecule has 0 saturated heterocycles. The smallest absolute Gasteiger partial charge is 0.234 e. The molecule has 130 valence electrons. The molecule has 1 unspecified atom stereocenters. The van der Waals surface area contributed by atoms with Crippen LogP contribution < -0.4 is 10.6 Å². The Morgan fingerprint density at radius 1 is 1.04 bits per heavy atom. The predicted molar refractivity (Wildman–Crippen MR) is 101 cm³/mol. The molecule has 4 nitrogen and oxygen atoms in total. The molecule has 1 aromatic heterocycles. The van der Waals surface area contributed by atoms with Crippen molar-refractivity contribution in [2.75, 3.05) is 13.1 Å². The van der Waals surface area contributed by atoms with Gasteiger partial charge in [0.15, 0.2) is 0 Å². The van der Waals surface area contributed by atoms with Crippen molar-refractivity contribution in [1.82, 2.24) is 15.6 Å². The van der Waals surface area contributed by atoms with E-state index in [4.69, 9.17) is 0 Å². The van der Waals surface area contributed by atoms with E-state index in [-0.39, 0.29) is 36.8 Å². The van der Waals surface area contributed by atoms with Crippen LogP contribution in [0.2, 0.25) is 0 Å². The number of benzene rings is 1. The van der Waals surface area contributed by atoms with Crippen LogP contribution in [0, 0.1) is 5.92 Å². The van der Waals surface area contributed by atoms with Crippen LogP contribution in [0.3, 0.4) is 0 Å². The van der Waals surface area contributed by atoms with Gasteiger partial charge in [-0.3, -0.25) is 9.78 Å². The first-order valence-corrected chi connectivity index (χ1v) is 7.78. The van der Waals surface area contributed by atoms with Crippen molar-refractivity contribution >= 4 is 30.7 Å². The van der Waals surface area contributed by atoms with Crippen molar-refractivity contribution in [2.45, 2.75) is 18.9 Å². The fourth-order valence-corrected chi connectivity index (χ4v) is 2.48. The second-order valence-corrected chi connectivity index (χ2v) is 5.77. The average Bonchev–Trinajstić information content (AvgIpc) is 3.39. The van der Waals surface area contributed by atoms with Gasteiger partial charge in [-0.05, 0) is 48.6 Å². The fourth-order valence-electron chi connectivity index (χ4n) is 2.48. The minimum atomic E-state index is -0.139. The van der Waals surface area contributed by atoms with E-state index in [1.54, 1.807) is 12.4 Å². The maximum absolute atomic E-state index is 12.2. The number of pyridine rings is 1. The summed E-state index contributed by atoms with van der Waals surface area (Å²) in [4.78, 5) is 16.3. The van der Waals surface area contributed by atoms with Crippen LogP contribution in [-0.2, 0) is 4.79 Å². The standard InChI is InChI=1S/C18H21N3O.2ClH/c22-17(13-20-12-14-6-7-14)21-18(15-4-2-1-3-5-15)16-8-10-19-11-9-16;;/h1-5,8-11,14,18,20H,6-7,12-13H2,(H,21,22);2*1H. The molecule has 2 N–H and O–H groups in total. The fraction of sp³-hybridized carbons (Fsp3) is 0.333. The summed E-state index contributed by atoms with van der Waals surface area (Å²) in [7, 11) is 0. The molecule has 1 atom stereocenters. The third-order valence-electron chi connectivity index (χ3n) is 3.89. The highest BCUT2D eigenvalue weighted by Gasteiger charge is 2.21. The van der Waals surface area contributed by atoms with Crippen molar-refractivity contribution in [3.8, 4) is 0 Å². The number of hydrogen-bond acceptors (Lipinski definition) is 3. The first-order valence-electron chi connectivity index (χ1n) is 7.78. The first-order chi connectivity index (χ1) is 10.8. The predicted octanol–water partition coefficient (Wildman–Crippen LogP) is 3.13. The number of nitrogens with zero attached hydrogens (tertiary/aromatic N) is 1. The third-order valence-corrected chi connectivity index (χ3v) is 3.89. The van der Waals surface area contributed by atoms with E-state index < -0.39 is 0 Å². The number of nitrogens with one attached hydrogen (secondary N) is 2. The number of hydrogen-bond donors (Lipinski definition) is 2. The van der Waals surface area contributed by atoms with E-state index >= 15 is 0 Å². The molecule has 0 aliphatic heterocycles. The van der Waals surface area contributed by atoms with Gasteiger partial charge < -0.3 is 10.6 Å². The Labute approximate surface area is 155 Å². The molecule has 0 spiro atoms. The zero-order valence-corrected chi connectivity index (χ0v) is 15.0. The largest absolute Gasteiger partial charge is 0.344 e. The Bertz CT molecular complexity index is 567. The van der Waals surface area contributed by atoms with Crippen molar-refractivity contribution in [3.05, 3.63) is 66.0 Å². The topological polar surface area (TPSA) is 54.0 Å². The Morgan fingerprint density at radius 3 is 2.29 bits per heavy atom. The Balaban J connectivity index is 0.00000144. The van der Waals surface area contributed by atoms with E-state index in [1.165, 1.54) is 12.8 Å². The van der Waals surface area contributed by atoms with Crippen LogP contribution in [0.25, 0.3) is 0 Å². The van der Waals surface area contributed by atoms with Gasteiger partial charge in [0, 0.05) is 12.4 Å². The molecule has 1 aliphatic carbocycles. The molecule has 0 bridgehead atoms. The summed E-state index contributed by atoms with van der Waals surface area (Å²) in [5.74, 6) is 0.796. The van der Waals surface area contributed by atoms with E-state index in [0.717, 1.165) is 23.6 Å². The molecule has 1 heterocycles. The van der Waals surface area contributed by atoms with Gasteiger partial charge in [-0.2, -0.15) is 0 Å². The Hall–Kier alpha value is -1.62. The summed E-state index contributed by atoms with van der Waals surface area (Å²) in [6, 6.07) is 13.8. The van der Waals surface area contributed by atoms with Crippen LogP contribution in [0.4, 0.5) is 0 Å². The SMILES string of the molecule is Cl.Cl.O=C(CNCC1CC1)NC(c1ccccc1)c1ccncc1. The van der Waals surface area contributed by atoms with Gasteiger partial charge >= 0.3 is 0 Å². The second kappa shape index (κ2) is 10.3. The maximum atomic E-state index is 12.2. The minimum absolute atomic E-state index is 0. The summed E-state index contributed by atoms with van der Waals surface area (Å²) in [6.07, 6.45) is 6.09. The van der Waals surface area contributed by atoms with Crippen molar-refractivity contribution in [3.63, 3.8) is 0 Å². The highest BCUT2D eigenvalue weighted by Crippen LogP contribution is 2.27. The molecule has 2 aromatic rings. The second-order valence-electron chi connectivity index (χ2n) is 5.77.